The van der Waals surface area contributed by atoms with Crippen LogP contribution in [-0.4, -0.2) is 32.8 Å². The predicted octanol–water partition coefficient (Wildman–Crippen LogP) is 3.88. The molecule has 2 aromatic rings. The Labute approximate surface area is 190 Å². The monoisotopic (exact) mass is 508 g/mol. The Morgan fingerprint density at radius 1 is 1.00 bits per heavy atom. The van der Waals surface area contributed by atoms with Crippen LogP contribution in [0.1, 0.15) is 30.5 Å². The molecule has 29 heavy (non-hydrogen) atoms. The van der Waals surface area contributed by atoms with Gasteiger partial charge in [0.05, 0.1) is 24.8 Å². The van der Waals surface area contributed by atoms with E-state index >= 15 is 0 Å². The minimum Gasteiger partial charge on any atom is -0.490 e. The fraction of sp³-hybridized carbons (Fsp3) is 0.364. The molecule has 0 aliphatic carbocycles. The predicted molar refractivity (Wildman–Crippen MR) is 127 cm³/mol. The second-order valence-corrected chi connectivity index (χ2v) is 6.06. The van der Waals surface area contributed by atoms with E-state index in [0.29, 0.717) is 25.3 Å². The topological polar surface area (TPSA) is 78.7 Å². The van der Waals surface area contributed by atoms with Crippen molar-refractivity contribution in [2.24, 2.45) is 4.99 Å². The average molecular weight is 508 g/mol. The van der Waals surface area contributed by atoms with E-state index in [1.165, 1.54) is 0 Å². The van der Waals surface area contributed by atoms with Crippen molar-refractivity contribution in [3.8, 4) is 17.6 Å². The Bertz CT molecular complexity index is 834. The van der Waals surface area contributed by atoms with Crippen LogP contribution in [0.4, 0.5) is 0 Å². The largest absolute Gasteiger partial charge is 0.490 e. The molecule has 2 aromatic carbocycles. The number of nitrogens with zero attached hydrogens (tertiary/aromatic N) is 2. The van der Waals surface area contributed by atoms with Gasteiger partial charge in [0.25, 0.3) is 0 Å². The molecule has 0 aliphatic rings. The third kappa shape index (κ3) is 8.20. The van der Waals surface area contributed by atoms with Crippen molar-refractivity contribution in [3.63, 3.8) is 0 Å². The maximum Gasteiger partial charge on any atom is 0.191 e. The summed E-state index contributed by atoms with van der Waals surface area (Å²) in [5, 5.41) is 15.6. The van der Waals surface area contributed by atoms with Crippen LogP contribution < -0.4 is 20.1 Å². The third-order valence-electron chi connectivity index (χ3n) is 4.05. The summed E-state index contributed by atoms with van der Waals surface area (Å²) in [6, 6.07) is 15.7. The maximum absolute atomic E-state index is 8.99. The van der Waals surface area contributed by atoms with Crippen molar-refractivity contribution in [2.45, 2.75) is 26.8 Å². The first kappa shape index (κ1) is 24.6. The number of halogens is 1. The van der Waals surface area contributed by atoms with E-state index < -0.39 is 0 Å². The molecule has 6 nitrogen and oxygen atoms in total. The first-order valence-corrected chi connectivity index (χ1v) is 9.52. The van der Waals surface area contributed by atoms with Crippen LogP contribution in [-0.2, 0) is 13.0 Å². The second kappa shape index (κ2) is 13.7. The number of hydrogen-bond acceptors (Lipinski definition) is 4. The van der Waals surface area contributed by atoms with Crippen molar-refractivity contribution in [1.29, 1.82) is 5.26 Å². The maximum atomic E-state index is 8.99. The zero-order chi connectivity index (χ0) is 20.2. The van der Waals surface area contributed by atoms with Crippen molar-refractivity contribution in [1.82, 2.24) is 10.6 Å². The quantitative estimate of drug-likeness (QED) is 0.306. The summed E-state index contributed by atoms with van der Waals surface area (Å²) in [7, 11) is 1.74. The molecule has 0 fully saturated rings. The Morgan fingerprint density at radius 3 is 2.45 bits per heavy atom. The minimum atomic E-state index is 0. The minimum absolute atomic E-state index is 0. The molecule has 7 heteroatoms. The lowest BCUT2D eigenvalue weighted by atomic mass is 10.1. The van der Waals surface area contributed by atoms with E-state index in [-0.39, 0.29) is 24.0 Å². The number of rotatable bonds is 9. The molecule has 0 heterocycles. The van der Waals surface area contributed by atoms with Gasteiger partial charge >= 0.3 is 0 Å². The molecule has 0 aromatic heterocycles. The third-order valence-corrected chi connectivity index (χ3v) is 4.05. The first-order valence-electron chi connectivity index (χ1n) is 9.52. The van der Waals surface area contributed by atoms with Crippen LogP contribution in [0, 0.1) is 11.3 Å². The highest BCUT2D eigenvalue weighted by Gasteiger charge is 2.06. The van der Waals surface area contributed by atoms with Gasteiger partial charge in [-0.05, 0) is 55.7 Å². The molecule has 2 rings (SSSR count). The highest BCUT2D eigenvalue weighted by molar-refractivity contribution is 14.0. The first-order chi connectivity index (χ1) is 13.7. The lowest BCUT2D eigenvalue weighted by Crippen LogP contribution is -2.37. The zero-order valence-electron chi connectivity index (χ0n) is 17.2. The molecule has 0 spiro atoms. The van der Waals surface area contributed by atoms with E-state index in [2.05, 4.69) is 27.8 Å². The molecule has 0 saturated carbocycles. The highest BCUT2D eigenvalue weighted by Crippen LogP contribution is 2.28. The number of hydrogen-bond donors (Lipinski definition) is 2. The van der Waals surface area contributed by atoms with Gasteiger partial charge in [-0.1, -0.05) is 18.2 Å². The number of ether oxygens (including phenoxy) is 2. The van der Waals surface area contributed by atoms with Gasteiger partial charge in [-0.3, -0.25) is 4.99 Å². The summed E-state index contributed by atoms with van der Waals surface area (Å²) >= 11 is 0. The van der Waals surface area contributed by atoms with Crippen LogP contribution in [0.3, 0.4) is 0 Å². The molecule has 0 aliphatic heterocycles. The number of guanidine groups is 1. The van der Waals surface area contributed by atoms with Crippen molar-refractivity contribution < 1.29 is 9.47 Å². The zero-order valence-corrected chi connectivity index (χ0v) is 19.5. The number of aliphatic imine (C=N–C) groups is 1. The summed E-state index contributed by atoms with van der Waals surface area (Å²) < 4.78 is 11.3. The summed E-state index contributed by atoms with van der Waals surface area (Å²) in [5.74, 6) is 2.28. The Kier molecular flexibility index (Phi) is 11.6. The highest BCUT2D eigenvalue weighted by atomic mass is 127. The average Bonchev–Trinajstić information content (AvgIpc) is 2.72. The molecule has 0 amide bonds. The van der Waals surface area contributed by atoms with E-state index in [1.54, 1.807) is 13.1 Å². The van der Waals surface area contributed by atoms with Gasteiger partial charge in [-0.25, -0.2) is 0 Å². The summed E-state index contributed by atoms with van der Waals surface area (Å²) in [5.41, 5.74) is 2.86. The number of benzene rings is 2. The SMILES string of the molecule is CCOc1ccc(CCNC(=NC)NCc2cccc(C#N)c2)cc1OCC.I. The Hall–Kier alpha value is -2.47. The van der Waals surface area contributed by atoms with Crippen LogP contribution >= 0.6 is 24.0 Å². The molecular formula is C22H29IN4O2. The molecule has 156 valence electrons. The van der Waals surface area contributed by atoms with Gasteiger partial charge in [0.2, 0.25) is 0 Å². The van der Waals surface area contributed by atoms with Crippen LogP contribution in [0.25, 0.3) is 0 Å². The fourth-order valence-electron chi connectivity index (χ4n) is 2.73. The van der Waals surface area contributed by atoms with Gasteiger partial charge in [0, 0.05) is 20.1 Å². The second-order valence-electron chi connectivity index (χ2n) is 6.06. The summed E-state index contributed by atoms with van der Waals surface area (Å²) in [6.45, 7) is 6.48. The molecular weight excluding hydrogens is 479 g/mol. The van der Waals surface area contributed by atoms with Crippen LogP contribution in [0.5, 0.6) is 11.5 Å². The van der Waals surface area contributed by atoms with Gasteiger partial charge < -0.3 is 20.1 Å². The van der Waals surface area contributed by atoms with Gasteiger partial charge in [0.15, 0.2) is 17.5 Å². The van der Waals surface area contributed by atoms with Crippen LogP contribution in [0.2, 0.25) is 0 Å². The van der Waals surface area contributed by atoms with Crippen LogP contribution in [0.15, 0.2) is 47.5 Å². The van der Waals surface area contributed by atoms with E-state index in [9.17, 15) is 0 Å². The molecule has 2 N–H and O–H groups in total. The van der Waals surface area contributed by atoms with E-state index in [0.717, 1.165) is 41.6 Å². The normalized spacial score (nSPS) is 10.5. The fourth-order valence-corrected chi connectivity index (χ4v) is 2.73. The van der Waals surface area contributed by atoms with Gasteiger partial charge in [-0.2, -0.15) is 5.26 Å². The van der Waals surface area contributed by atoms with E-state index in [4.69, 9.17) is 14.7 Å². The molecule has 0 radical (unpaired) electrons. The standard InChI is InChI=1S/C22H28N4O2.HI/c1-4-27-20-10-9-17(14-21(20)28-5-2)11-12-25-22(24-3)26-16-19-8-6-7-18(13-19)15-23;/h6-10,13-14H,4-5,11-12,16H2,1-3H3,(H2,24,25,26);1H. The van der Waals surface area contributed by atoms with Crippen molar-refractivity contribution in [3.05, 3.63) is 59.2 Å². The van der Waals surface area contributed by atoms with Crippen molar-refractivity contribution >= 4 is 29.9 Å². The Balaban J connectivity index is 0.00000420. The lowest BCUT2D eigenvalue weighted by Gasteiger charge is -2.14. The van der Waals surface area contributed by atoms with E-state index in [1.807, 2.05) is 44.2 Å². The summed E-state index contributed by atoms with van der Waals surface area (Å²) in [6.07, 6.45) is 0.830. The molecule has 0 bridgehead atoms. The smallest absolute Gasteiger partial charge is 0.191 e. The number of nitrogens with one attached hydrogen (secondary N) is 2. The lowest BCUT2D eigenvalue weighted by molar-refractivity contribution is 0.287. The molecule has 0 saturated heterocycles. The number of nitriles is 1. The van der Waals surface area contributed by atoms with Gasteiger partial charge in [-0.15, -0.1) is 24.0 Å². The van der Waals surface area contributed by atoms with Crippen molar-refractivity contribution in [2.75, 3.05) is 26.8 Å². The molecule has 0 unspecified atom stereocenters. The summed E-state index contributed by atoms with van der Waals surface area (Å²) in [4.78, 5) is 4.25. The Morgan fingerprint density at radius 2 is 1.76 bits per heavy atom. The molecule has 0 atom stereocenters. The van der Waals surface area contributed by atoms with Gasteiger partial charge in [0.1, 0.15) is 0 Å².